The maximum atomic E-state index is 11.0. The zero-order valence-corrected chi connectivity index (χ0v) is 10.8. The van der Waals surface area contributed by atoms with Gasteiger partial charge in [0.1, 0.15) is 0 Å². The van der Waals surface area contributed by atoms with E-state index in [0.29, 0.717) is 11.5 Å². The standard InChI is InChI=1S/C12H18N2OS/c1-8(15)14-9-4-5-16-10(9)7-13-11-6-12(11,2)3/h4-5,11,13H,6-7H2,1-3H3,(H,14,15). The Kier molecular flexibility index (Phi) is 3.04. The summed E-state index contributed by atoms with van der Waals surface area (Å²) < 4.78 is 0. The molecule has 1 fully saturated rings. The van der Waals surface area contributed by atoms with Crippen LogP contribution in [0.25, 0.3) is 0 Å². The molecule has 1 aliphatic rings. The van der Waals surface area contributed by atoms with Gasteiger partial charge in [0, 0.05) is 24.4 Å². The molecule has 0 saturated heterocycles. The minimum atomic E-state index is -0.00796. The van der Waals surface area contributed by atoms with Crippen LogP contribution >= 0.6 is 11.3 Å². The fourth-order valence-corrected chi connectivity index (χ4v) is 2.59. The maximum Gasteiger partial charge on any atom is 0.221 e. The van der Waals surface area contributed by atoms with Crippen molar-refractivity contribution in [1.82, 2.24) is 5.32 Å². The molecule has 0 aromatic carbocycles. The highest BCUT2D eigenvalue weighted by Gasteiger charge is 2.45. The lowest BCUT2D eigenvalue weighted by atomic mass is 10.2. The van der Waals surface area contributed by atoms with Crippen LogP contribution < -0.4 is 10.6 Å². The molecular weight excluding hydrogens is 220 g/mol. The molecule has 1 saturated carbocycles. The first-order valence-electron chi connectivity index (χ1n) is 5.56. The summed E-state index contributed by atoms with van der Waals surface area (Å²) in [5, 5.41) is 8.39. The van der Waals surface area contributed by atoms with Crippen molar-refractivity contribution in [1.29, 1.82) is 0 Å². The van der Waals surface area contributed by atoms with E-state index in [1.165, 1.54) is 11.3 Å². The van der Waals surface area contributed by atoms with Crippen LogP contribution in [-0.2, 0) is 11.3 Å². The normalized spacial score (nSPS) is 21.8. The van der Waals surface area contributed by atoms with Crippen LogP contribution in [0.2, 0.25) is 0 Å². The molecule has 0 spiro atoms. The molecule has 2 rings (SSSR count). The lowest BCUT2D eigenvalue weighted by molar-refractivity contribution is -0.114. The third-order valence-electron chi connectivity index (χ3n) is 3.08. The lowest BCUT2D eigenvalue weighted by Gasteiger charge is -2.07. The first-order valence-corrected chi connectivity index (χ1v) is 6.44. The van der Waals surface area contributed by atoms with Gasteiger partial charge < -0.3 is 10.6 Å². The monoisotopic (exact) mass is 238 g/mol. The second-order valence-electron chi connectivity index (χ2n) is 5.06. The van der Waals surface area contributed by atoms with E-state index in [4.69, 9.17) is 0 Å². The molecule has 1 unspecified atom stereocenters. The smallest absolute Gasteiger partial charge is 0.221 e. The van der Waals surface area contributed by atoms with E-state index in [0.717, 1.165) is 12.2 Å². The van der Waals surface area contributed by atoms with Crippen LogP contribution in [0.5, 0.6) is 0 Å². The average molecular weight is 238 g/mol. The Balaban J connectivity index is 1.89. The molecule has 1 aromatic heterocycles. The van der Waals surface area contributed by atoms with Crippen molar-refractivity contribution in [2.45, 2.75) is 39.8 Å². The van der Waals surface area contributed by atoms with Crippen molar-refractivity contribution in [3.05, 3.63) is 16.3 Å². The Morgan fingerprint density at radius 1 is 1.62 bits per heavy atom. The quantitative estimate of drug-likeness (QED) is 0.846. The van der Waals surface area contributed by atoms with Crippen molar-refractivity contribution >= 4 is 22.9 Å². The van der Waals surface area contributed by atoms with E-state index in [2.05, 4.69) is 24.5 Å². The third kappa shape index (κ3) is 2.62. The first kappa shape index (κ1) is 11.6. The summed E-state index contributed by atoms with van der Waals surface area (Å²) in [6.07, 6.45) is 1.24. The van der Waals surface area contributed by atoms with Gasteiger partial charge in [-0.1, -0.05) is 13.8 Å². The molecule has 16 heavy (non-hydrogen) atoms. The Bertz CT molecular complexity index is 397. The van der Waals surface area contributed by atoms with Crippen molar-refractivity contribution in [3.8, 4) is 0 Å². The number of hydrogen-bond donors (Lipinski definition) is 2. The fourth-order valence-electron chi connectivity index (χ4n) is 1.81. The minimum absolute atomic E-state index is 0.00796. The molecule has 1 heterocycles. The van der Waals surface area contributed by atoms with E-state index in [-0.39, 0.29) is 5.91 Å². The van der Waals surface area contributed by atoms with Crippen LogP contribution in [0.4, 0.5) is 5.69 Å². The summed E-state index contributed by atoms with van der Waals surface area (Å²) in [6.45, 7) is 6.93. The minimum Gasteiger partial charge on any atom is -0.325 e. The largest absolute Gasteiger partial charge is 0.325 e. The molecular formula is C12H18N2OS. The molecule has 1 aliphatic carbocycles. The van der Waals surface area contributed by atoms with Crippen LogP contribution in [0.3, 0.4) is 0 Å². The summed E-state index contributed by atoms with van der Waals surface area (Å²) >= 11 is 1.68. The zero-order chi connectivity index (χ0) is 11.8. The van der Waals surface area contributed by atoms with E-state index in [1.54, 1.807) is 18.3 Å². The van der Waals surface area contributed by atoms with Gasteiger partial charge >= 0.3 is 0 Å². The lowest BCUT2D eigenvalue weighted by Crippen LogP contribution is -2.20. The van der Waals surface area contributed by atoms with Crippen molar-refractivity contribution < 1.29 is 4.79 Å². The highest BCUT2D eigenvalue weighted by atomic mass is 32.1. The van der Waals surface area contributed by atoms with Gasteiger partial charge in [-0.2, -0.15) is 0 Å². The predicted molar refractivity (Wildman–Crippen MR) is 67.6 cm³/mol. The number of hydrogen-bond acceptors (Lipinski definition) is 3. The summed E-state index contributed by atoms with van der Waals surface area (Å²) in [5.74, 6) is -0.00796. The topological polar surface area (TPSA) is 41.1 Å². The molecule has 1 amide bonds. The van der Waals surface area contributed by atoms with Crippen molar-refractivity contribution in [2.24, 2.45) is 5.41 Å². The number of thiophene rings is 1. The molecule has 0 radical (unpaired) electrons. The molecule has 0 bridgehead atoms. The van der Waals surface area contributed by atoms with Gasteiger partial charge in [0.2, 0.25) is 5.91 Å². The highest BCUT2D eigenvalue weighted by molar-refractivity contribution is 7.10. The molecule has 4 heteroatoms. The zero-order valence-electron chi connectivity index (χ0n) is 9.96. The first-order chi connectivity index (χ1) is 7.49. The third-order valence-corrected chi connectivity index (χ3v) is 4.00. The van der Waals surface area contributed by atoms with Gasteiger partial charge in [0.05, 0.1) is 5.69 Å². The van der Waals surface area contributed by atoms with E-state index in [1.807, 2.05) is 11.4 Å². The summed E-state index contributed by atoms with van der Waals surface area (Å²) in [5.41, 5.74) is 1.40. The SMILES string of the molecule is CC(=O)Nc1ccsc1CNC1CC1(C)C. The second kappa shape index (κ2) is 4.18. The van der Waals surface area contributed by atoms with Crippen LogP contribution in [-0.4, -0.2) is 11.9 Å². The molecule has 1 atom stereocenters. The number of rotatable bonds is 4. The van der Waals surface area contributed by atoms with Gasteiger partial charge in [-0.15, -0.1) is 11.3 Å². The van der Waals surface area contributed by atoms with Gasteiger partial charge in [-0.3, -0.25) is 4.79 Å². The van der Waals surface area contributed by atoms with E-state index in [9.17, 15) is 4.79 Å². The Morgan fingerprint density at radius 2 is 2.31 bits per heavy atom. The van der Waals surface area contributed by atoms with Gasteiger partial charge in [-0.05, 0) is 23.3 Å². The molecule has 88 valence electrons. The Morgan fingerprint density at radius 3 is 2.88 bits per heavy atom. The summed E-state index contributed by atoms with van der Waals surface area (Å²) in [6, 6.07) is 2.58. The number of carbonyl (C=O) groups is 1. The number of nitrogens with one attached hydrogen (secondary N) is 2. The van der Waals surface area contributed by atoms with E-state index >= 15 is 0 Å². The van der Waals surface area contributed by atoms with Crippen LogP contribution in [0, 0.1) is 5.41 Å². The van der Waals surface area contributed by atoms with Crippen molar-refractivity contribution in [3.63, 3.8) is 0 Å². The van der Waals surface area contributed by atoms with Gasteiger partial charge in [0.15, 0.2) is 0 Å². The van der Waals surface area contributed by atoms with Crippen LogP contribution in [0.15, 0.2) is 11.4 Å². The number of anilines is 1. The van der Waals surface area contributed by atoms with Gasteiger partial charge in [-0.25, -0.2) is 0 Å². The van der Waals surface area contributed by atoms with E-state index < -0.39 is 0 Å². The number of amides is 1. The predicted octanol–water partition coefficient (Wildman–Crippen LogP) is 2.59. The van der Waals surface area contributed by atoms with Crippen LogP contribution in [0.1, 0.15) is 32.1 Å². The molecule has 3 nitrogen and oxygen atoms in total. The highest BCUT2D eigenvalue weighted by Crippen LogP contribution is 2.44. The summed E-state index contributed by atoms with van der Waals surface area (Å²) in [4.78, 5) is 12.2. The molecule has 0 aliphatic heterocycles. The van der Waals surface area contributed by atoms with Crippen molar-refractivity contribution in [2.75, 3.05) is 5.32 Å². The maximum absolute atomic E-state index is 11.0. The second-order valence-corrected chi connectivity index (χ2v) is 6.07. The number of carbonyl (C=O) groups excluding carboxylic acids is 1. The summed E-state index contributed by atoms with van der Waals surface area (Å²) in [7, 11) is 0. The molecule has 1 aromatic rings. The Labute approximate surface area is 100 Å². The average Bonchev–Trinajstić information content (AvgIpc) is 2.57. The fraction of sp³-hybridized carbons (Fsp3) is 0.583. The van der Waals surface area contributed by atoms with Gasteiger partial charge in [0.25, 0.3) is 0 Å². The molecule has 2 N–H and O–H groups in total. The Hall–Kier alpha value is -0.870.